The van der Waals surface area contributed by atoms with Gasteiger partial charge in [0, 0.05) is 37.8 Å². The van der Waals surface area contributed by atoms with Gasteiger partial charge in [0.05, 0.1) is 25.3 Å². The van der Waals surface area contributed by atoms with E-state index in [1.807, 2.05) is 18.3 Å². The van der Waals surface area contributed by atoms with Crippen molar-refractivity contribution in [1.29, 1.82) is 0 Å². The third kappa shape index (κ3) is 14.0. The normalized spacial score (nSPS) is 29.5. The lowest BCUT2D eigenvalue weighted by Gasteiger charge is -2.54. The van der Waals surface area contributed by atoms with Crippen LogP contribution in [0.15, 0.2) is 108 Å². The summed E-state index contributed by atoms with van der Waals surface area (Å²) < 4.78 is 5.42. The number of dihydropyridines is 1. The average Bonchev–Trinajstić information content (AvgIpc) is 3.95. The number of hydrogen-bond donors (Lipinski definition) is 9. The molecule has 0 radical (unpaired) electrons. The summed E-state index contributed by atoms with van der Waals surface area (Å²) in [4.78, 5) is 28.3. The van der Waals surface area contributed by atoms with Crippen LogP contribution in [0.3, 0.4) is 0 Å². The van der Waals surface area contributed by atoms with E-state index in [9.17, 15) is 30.0 Å². The Kier molecular flexibility index (Phi) is 19.2. The van der Waals surface area contributed by atoms with Crippen LogP contribution in [0.1, 0.15) is 131 Å². The minimum atomic E-state index is -0.677. The van der Waals surface area contributed by atoms with E-state index in [0.717, 1.165) is 108 Å². The zero-order valence-corrected chi connectivity index (χ0v) is 46.1. The van der Waals surface area contributed by atoms with Crippen molar-refractivity contribution in [1.82, 2.24) is 21.3 Å². The predicted molar refractivity (Wildman–Crippen MR) is 308 cm³/mol. The Morgan fingerprint density at radius 2 is 1.68 bits per heavy atom. The fourth-order valence-corrected chi connectivity index (χ4v) is 16.0. The molecule has 7 aliphatic rings. The Morgan fingerprint density at radius 1 is 0.885 bits per heavy atom. The van der Waals surface area contributed by atoms with Crippen molar-refractivity contribution in [2.24, 2.45) is 52.6 Å². The molecule has 420 valence electrons. The molecule has 11 atom stereocenters. The highest BCUT2D eigenvalue weighted by molar-refractivity contribution is 6.07. The number of ketones is 2. The second-order valence-corrected chi connectivity index (χ2v) is 24.8. The van der Waals surface area contributed by atoms with Crippen molar-refractivity contribution in [3.63, 3.8) is 0 Å². The van der Waals surface area contributed by atoms with Gasteiger partial charge in [0.2, 0.25) is 0 Å². The highest BCUT2D eigenvalue weighted by Gasteiger charge is 2.55. The molecule has 1 saturated heterocycles. The molecule has 3 aromatic carbocycles. The number of piperidine rings is 1. The summed E-state index contributed by atoms with van der Waals surface area (Å²) in [5.41, 5.74) is 13.8. The highest BCUT2D eigenvalue weighted by atomic mass is 16.6. The first kappa shape index (κ1) is 56.4. The number of nitrogens with one attached hydrogen (secondary N) is 4. The maximum atomic E-state index is 14.2. The second kappa shape index (κ2) is 26.6. The smallest absolute Gasteiger partial charge is 0.186 e. The Hall–Kier alpha value is -4.92. The van der Waals surface area contributed by atoms with Gasteiger partial charge in [-0.2, -0.15) is 0 Å². The maximum absolute atomic E-state index is 14.2. The summed E-state index contributed by atoms with van der Waals surface area (Å²) >= 11 is 0. The number of fused-ring (bicyclic) bond motifs is 3. The molecule has 10 rings (SSSR count). The van der Waals surface area contributed by atoms with Crippen molar-refractivity contribution in [2.75, 3.05) is 39.6 Å². The quantitative estimate of drug-likeness (QED) is 0.0190. The van der Waals surface area contributed by atoms with Gasteiger partial charge in [-0.15, -0.1) is 0 Å². The van der Waals surface area contributed by atoms with Crippen molar-refractivity contribution in [3.05, 3.63) is 136 Å². The van der Waals surface area contributed by atoms with E-state index in [-0.39, 0.29) is 53.1 Å². The number of phenols is 1. The summed E-state index contributed by atoms with van der Waals surface area (Å²) in [6.07, 6.45) is 28.1. The molecule has 0 aromatic heterocycles. The van der Waals surface area contributed by atoms with E-state index in [2.05, 4.69) is 82.0 Å². The molecule has 10 N–H and O–H groups in total. The third-order valence-corrected chi connectivity index (χ3v) is 19.7. The molecule has 12 nitrogen and oxygen atoms in total. The summed E-state index contributed by atoms with van der Waals surface area (Å²) in [6.45, 7) is 2.57. The van der Waals surface area contributed by atoms with Crippen LogP contribution in [-0.2, 0) is 35.3 Å². The van der Waals surface area contributed by atoms with Gasteiger partial charge in [-0.25, -0.2) is 0 Å². The number of phenolic OH excluding ortho intramolecular Hbond substituents is 1. The summed E-state index contributed by atoms with van der Waals surface area (Å²) in [5.74, 6) is 2.94. The molecule has 0 bridgehead atoms. The molecule has 11 unspecified atom stereocenters. The predicted octanol–water partition coefficient (Wildman–Crippen LogP) is 8.55. The number of benzene rings is 3. The van der Waals surface area contributed by atoms with Gasteiger partial charge in [-0.05, 0) is 225 Å². The maximum Gasteiger partial charge on any atom is 0.186 e. The lowest BCUT2D eigenvalue weighted by molar-refractivity contribution is -0.126. The Balaban J connectivity index is 0.824. The van der Waals surface area contributed by atoms with E-state index < -0.39 is 13.4 Å². The molecular weight excluding hydrogens is 975 g/mol. The van der Waals surface area contributed by atoms with E-state index >= 15 is 0 Å². The Labute approximate surface area is 463 Å². The lowest BCUT2D eigenvalue weighted by atomic mass is 9.54. The Morgan fingerprint density at radius 3 is 2.49 bits per heavy atom. The third-order valence-electron chi connectivity index (χ3n) is 19.7. The van der Waals surface area contributed by atoms with E-state index in [0.29, 0.717) is 83.7 Å². The Bertz CT molecular complexity index is 2640. The van der Waals surface area contributed by atoms with Crippen molar-refractivity contribution in [2.45, 2.75) is 153 Å². The number of rotatable bonds is 23. The van der Waals surface area contributed by atoms with Crippen molar-refractivity contribution < 1.29 is 34.8 Å². The van der Waals surface area contributed by atoms with E-state index in [1.54, 1.807) is 12.1 Å². The lowest BCUT2D eigenvalue weighted by Crippen LogP contribution is -2.57. The number of ether oxygens (including phenoxy) is 1. The highest BCUT2D eigenvalue weighted by Crippen LogP contribution is 2.60. The molecule has 5 fully saturated rings. The fourth-order valence-electron chi connectivity index (χ4n) is 16.0. The molecule has 0 spiro atoms. The summed E-state index contributed by atoms with van der Waals surface area (Å²) in [5, 5.41) is 58.1. The van der Waals surface area contributed by atoms with Crippen LogP contribution in [-0.4, -0.2) is 95.9 Å². The van der Waals surface area contributed by atoms with Crippen molar-refractivity contribution >= 4 is 17.1 Å². The fraction of sp³-hybridized carbons (Fsp3) is 0.576. The molecule has 3 aliphatic heterocycles. The molecule has 3 heterocycles. The number of aliphatic hydroxyl groups excluding tert-OH is 3. The van der Waals surface area contributed by atoms with Crippen LogP contribution in [0.25, 0.3) is 5.57 Å². The van der Waals surface area contributed by atoms with Crippen LogP contribution in [0, 0.1) is 46.8 Å². The molecular formula is C66H89N5O7. The topological polar surface area (TPSA) is 198 Å². The van der Waals surface area contributed by atoms with Gasteiger partial charge in [0.15, 0.2) is 24.1 Å². The van der Waals surface area contributed by atoms with Gasteiger partial charge in [-0.1, -0.05) is 86.0 Å². The van der Waals surface area contributed by atoms with Crippen LogP contribution in [0.2, 0.25) is 0 Å². The van der Waals surface area contributed by atoms with Gasteiger partial charge in [0.25, 0.3) is 0 Å². The minimum Gasteiger partial charge on any atom is -0.504 e. The number of nitrogens with two attached hydrogens (primary N) is 1. The molecule has 78 heavy (non-hydrogen) atoms. The van der Waals surface area contributed by atoms with E-state index in [1.165, 1.54) is 54.9 Å². The molecule has 0 amide bonds. The zero-order chi connectivity index (χ0) is 54.0. The molecule has 4 aliphatic carbocycles. The van der Waals surface area contributed by atoms with Gasteiger partial charge < -0.3 is 52.2 Å². The molecule has 4 saturated carbocycles. The number of Topliss-reactive ketones (excluding diaryl/α,β-unsaturated/α-hetero) is 1. The number of aliphatic hydroxyl groups is 3. The van der Waals surface area contributed by atoms with Crippen molar-refractivity contribution in [3.8, 4) is 11.5 Å². The van der Waals surface area contributed by atoms with Gasteiger partial charge >= 0.3 is 0 Å². The van der Waals surface area contributed by atoms with E-state index in [4.69, 9.17) is 10.5 Å². The SMILES string of the molecule is NC1C=C(CCc2cccc(CCc3ccccc3)c2)C(Cc2cc(O)c(OCO)cc2C(=CC(=O)CC(=O)CC2CCC3CC(NCC(O)C4CCCCC4)CC3(CC3C4CCNCC4CC4C=CCNC43)C2)CO)=CN1. The number of allylic oxidation sites excluding steroid dienone is 3. The number of aromatic hydroxyl groups is 1. The summed E-state index contributed by atoms with van der Waals surface area (Å²) in [7, 11) is 0. The van der Waals surface area contributed by atoms with Crippen LogP contribution < -0.4 is 31.7 Å². The summed E-state index contributed by atoms with van der Waals surface area (Å²) in [6, 6.07) is 23.2. The monoisotopic (exact) mass is 1060 g/mol. The number of hydrogen-bond acceptors (Lipinski definition) is 12. The first-order valence-electron chi connectivity index (χ1n) is 30.0. The number of carbonyl (C=O) groups excluding carboxylic acids is 2. The van der Waals surface area contributed by atoms with Crippen LogP contribution >= 0.6 is 0 Å². The minimum absolute atomic E-state index is 0.0178. The van der Waals surface area contributed by atoms with Gasteiger partial charge in [-0.3, -0.25) is 9.59 Å². The number of aryl methyl sites for hydroxylation is 3. The largest absolute Gasteiger partial charge is 0.504 e. The first-order valence-corrected chi connectivity index (χ1v) is 30.0. The molecule has 12 heteroatoms. The first-order chi connectivity index (χ1) is 38.0. The average molecular weight is 1060 g/mol. The van der Waals surface area contributed by atoms with Crippen LogP contribution in [0.4, 0.5) is 0 Å². The number of carbonyl (C=O) groups is 2. The van der Waals surface area contributed by atoms with Crippen LogP contribution in [0.5, 0.6) is 11.5 Å². The standard InChI is InChI=1S/C66H89N5O7/c67-64-31-48(20-18-45-12-7-11-44(25-45)17-16-43-9-3-1-4-10-43)51(39-71-64)28-50-30-61(76)63(78-42-73)34-59(50)53(41-72)29-57(75)33-56(74)26-46-19-21-54-32-55(70-40-62(77)47-13-5-2-6-14-47)36-66(54,35-46)37-60-58-22-24-68-38-52(58)27-49-15-8-23-69-65(49)60/h1,3-4,7-12,15,25,29-31,34,39,46-47,49,52,54-55,58,60,62,64-65,68-73,76-77H,2,5-6,13-14,16-24,26-28,32-33,35-38,40-42,67H2. The van der Waals surface area contributed by atoms with Gasteiger partial charge in [0.1, 0.15) is 5.78 Å². The second-order valence-electron chi connectivity index (χ2n) is 24.8. The zero-order valence-electron chi connectivity index (χ0n) is 46.1. The molecule has 3 aromatic rings.